The highest BCUT2D eigenvalue weighted by Crippen LogP contribution is 2.31. The summed E-state index contributed by atoms with van der Waals surface area (Å²) in [5.41, 5.74) is 2.38. The van der Waals surface area contributed by atoms with E-state index in [1.807, 2.05) is 11.0 Å². The molecule has 4 heteroatoms. The molecule has 2 fully saturated rings. The van der Waals surface area contributed by atoms with Crippen LogP contribution in [0.2, 0.25) is 0 Å². The Hall–Kier alpha value is -1.71. The molecule has 1 aliphatic heterocycles. The smallest absolute Gasteiger partial charge is 0.317 e. The second kappa shape index (κ2) is 5.73. The molecule has 1 aromatic rings. The summed E-state index contributed by atoms with van der Waals surface area (Å²) in [5.74, 6) is 0.804. The van der Waals surface area contributed by atoms with E-state index in [2.05, 4.69) is 35.8 Å². The van der Waals surface area contributed by atoms with Crippen molar-refractivity contribution in [1.29, 1.82) is 0 Å². The van der Waals surface area contributed by atoms with Gasteiger partial charge in [0.15, 0.2) is 0 Å². The molecule has 2 amide bonds. The van der Waals surface area contributed by atoms with Gasteiger partial charge in [-0.2, -0.15) is 0 Å². The Balaban J connectivity index is 1.68. The number of nitrogens with one attached hydrogen (secondary N) is 2. The number of benzene rings is 1. The maximum absolute atomic E-state index is 11.7. The van der Waals surface area contributed by atoms with Crippen LogP contribution in [-0.2, 0) is 6.54 Å². The molecule has 20 heavy (non-hydrogen) atoms. The lowest BCUT2D eigenvalue weighted by molar-refractivity contribution is 0.215. The van der Waals surface area contributed by atoms with E-state index in [1.165, 1.54) is 30.5 Å². The first kappa shape index (κ1) is 13.3. The van der Waals surface area contributed by atoms with Gasteiger partial charge < -0.3 is 15.5 Å². The van der Waals surface area contributed by atoms with Gasteiger partial charge in [-0.1, -0.05) is 24.6 Å². The van der Waals surface area contributed by atoms with Crippen LogP contribution in [0.4, 0.5) is 10.5 Å². The summed E-state index contributed by atoms with van der Waals surface area (Å²) >= 11 is 0. The molecule has 3 rings (SSSR count). The highest BCUT2D eigenvalue weighted by atomic mass is 16.2. The molecule has 1 aromatic carbocycles. The Kier molecular flexibility index (Phi) is 3.81. The van der Waals surface area contributed by atoms with Crippen LogP contribution in [0.15, 0.2) is 24.3 Å². The normalized spacial score (nSPS) is 20.4. The molecule has 1 heterocycles. The van der Waals surface area contributed by atoms with Crippen molar-refractivity contribution in [3.63, 3.8) is 0 Å². The summed E-state index contributed by atoms with van der Waals surface area (Å²) in [4.78, 5) is 13.5. The summed E-state index contributed by atoms with van der Waals surface area (Å²) in [6.45, 7) is 4.51. The third-order valence-electron chi connectivity index (χ3n) is 4.56. The van der Waals surface area contributed by atoms with Gasteiger partial charge in [0.25, 0.3) is 0 Å². The second-order valence-corrected chi connectivity index (χ2v) is 5.93. The van der Waals surface area contributed by atoms with Crippen LogP contribution in [0.5, 0.6) is 0 Å². The van der Waals surface area contributed by atoms with E-state index in [4.69, 9.17) is 0 Å². The van der Waals surface area contributed by atoms with Crippen LogP contribution in [0.1, 0.15) is 31.7 Å². The molecule has 2 N–H and O–H groups in total. The topological polar surface area (TPSA) is 44.4 Å². The predicted molar refractivity (Wildman–Crippen MR) is 80.7 cm³/mol. The number of para-hydroxylation sites is 1. The lowest BCUT2D eigenvalue weighted by Gasteiger charge is -2.33. The molecule has 0 radical (unpaired) electrons. The zero-order valence-electron chi connectivity index (χ0n) is 12.1. The van der Waals surface area contributed by atoms with Crippen molar-refractivity contribution in [3.8, 4) is 0 Å². The number of nitrogens with zero attached hydrogens (tertiary/aromatic N) is 1. The lowest BCUT2D eigenvalue weighted by atomic mass is 9.80. The maximum atomic E-state index is 11.7. The first-order chi connectivity index (χ1) is 9.74. The number of hydrogen-bond acceptors (Lipinski definition) is 2. The average molecular weight is 273 g/mol. The first-order valence-electron chi connectivity index (χ1n) is 7.61. The van der Waals surface area contributed by atoms with E-state index in [9.17, 15) is 4.79 Å². The fourth-order valence-corrected chi connectivity index (χ4v) is 2.97. The number of hydrogen-bond donors (Lipinski definition) is 2. The monoisotopic (exact) mass is 273 g/mol. The van der Waals surface area contributed by atoms with Gasteiger partial charge in [-0.25, -0.2) is 4.79 Å². The molecule has 0 aromatic heterocycles. The van der Waals surface area contributed by atoms with Crippen molar-refractivity contribution in [2.75, 3.05) is 18.4 Å². The van der Waals surface area contributed by atoms with Crippen molar-refractivity contribution >= 4 is 11.7 Å². The Morgan fingerprint density at radius 3 is 2.85 bits per heavy atom. The SMILES string of the molecule is C[C@H](Nc1ccccc1CN1CCNC1=O)C1CCC1. The Bertz CT molecular complexity index is 484. The lowest BCUT2D eigenvalue weighted by Crippen LogP contribution is -2.32. The number of anilines is 1. The summed E-state index contributed by atoms with van der Waals surface area (Å²) < 4.78 is 0. The van der Waals surface area contributed by atoms with Crippen molar-refractivity contribution in [3.05, 3.63) is 29.8 Å². The molecule has 108 valence electrons. The molecule has 0 unspecified atom stereocenters. The molecular weight excluding hydrogens is 250 g/mol. The van der Waals surface area contributed by atoms with Crippen molar-refractivity contribution < 1.29 is 4.79 Å². The van der Waals surface area contributed by atoms with E-state index < -0.39 is 0 Å². The molecule has 1 saturated heterocycles. The van der Waals surface area contributed by atoms with E-state index in [0.29, 0.717) is 12.6 Å². The minimum absolute atomic E-state index is 0.0480. The van der Waals surface area contributed by atoms with Crippen LogP contribution in [0.3, 0.4) is 0 Å². The summed E-state index contributed by atoms with van der Waals surface area (Å²) in [6.07, 6.45) is 4.04. The van der Waals surface area contributed by atoms with Gasteiger partial charge in [-0.05, 0) is 37.3 Å². The van der Waals surface area contributed by atoms with E-state index in [-0.39, 0.29) is 6.03 Å². The summed E-state index contributed by atoms with van der Waals surface area (Å²) in [5, 5.41) is 6.50. The zero-order chi connectivity index (χ0) is 13.9. The van der Waals surface area contributed by atoms with Gasteiger partial charge in [-0.3, -0.25) is 0 Å². The second-order valence-electron chi connectivity index (χ2n) is 5.93. The van der Waals surface area contributed by atoms with Gasteiger partial charge >= 0.3 is 6.03 Å². The van der Waals surface area contributed by atoms with Crippen molar-refractivity contribution in [1.82, 2.24) is 10.2 Å². The van der Waals surface area contributed by atoms with Crippen LogP contribution >= 0.6 is 0 Å². The van der Waals surface area contributed by atoms with Gasteiger partial charge in [0.05, 0.1) is 0 Å². The number of urea groups is 1. The first-order valence-corrected chi connectivity index (χ1v) is 7.61. The third kappa shape index (κ3) is 2.74. The minimum atomic E-state index is 0.0480. The summed E-state index contributed by atoms with van der Waals surface area (Å²) in [6, 6.07) is 8.90. The largest absolute Gasteiger partial charge is 0.382 e. The fourth-order valence-electron chi connectivity index (χ4n) is 2.97. The van der Waals surface area contributed by atoms with E-state index in [1.54, 1.807) is 0 Å². The minimum Gasteiger partial charge on any atom is -0.382 e. The van der Waals surface area contributed by atoms with Crippen LogP contribution in [0.25, 0.3) is 0 Å². The van der Waals surface area contributed by atoms with Gasteiger partial charge in [0, 0.05) is 31.4 Å². The van der Waals surface area contributed by atoms with Crippen LogP contribution in [-0.4, -0.2) is 30.1 Å². The number of rotatable bonds is 5. The third-order valence-corrected chi connectivity index (χ3v) is 4.56. The van der Waals surface area contributed by atoms with E-state index >= 15 is 0 Å². The number of carbonyl (C=O) groups is 1. The molecule has 4 nitrogen and oxygen atoms in total. The molecule has 1 atom stereocenters. The Morgan fingerprint density at radius 2 is 2.20 bits per heavy atom. The number of amides is 2. The van der Waals surface area contributed by atoms with Crippen LogP contribution < -0.4 is 10.6 Å². The summed E-state index contributed by atoms with van der Waals surface area (Å²) in [7, 11) is 0. The molecule has 0 spiro atoms. The fraction of sp³-hybridized carbons (Fsp3) is 0.562. The molecule has 2 aliphatic rings. The van der Waals surface area contributed by atoms with Crippen molar-refractivity contribution in [2.45, 2.75) is 38.8 Å². The zero-order valence-corrected chi connectivity index (χ0v) is 12.1. The Labute approximate surface area is 120 Å². The highest BCUT2D eigenvalue weighted by Gasteiger charge is 2.25. The average Bonchev–Trinajstić information content (AvgIpc) is 2.75. The van der Waals surface area contributed by atoms with E-state index in [0.717, 1.165) is 19.0 Å². The Morgan fingerprint density at radius 1 is 1.40 bits per heavy atom. The maximum Gasteiger partial charge on any atom is 0.317 e. The number of carbonyl (C=O) groups excluding carboxylic acids is 1. The van der Waals surface area contributed by atoms with Gasteiger partial charge in [-0.15, -0.1) is 0 Å². The molecule has 0 bridgehead atoms. The van der Waals surface area contributed by atoms with Gasteiger partial charge in [0.1, 0.15) is 0 Å². The van der Waals surface area contributed by atoms with Gasteiger partial charge in [0.2, 0.25) is 0 Å². The molecule has 1 aliphatic carbocycles. The van der Waals surface area contributed by atoms with Crippen molar-refractivity contribution in [2.24, 2.45) is 5.92 Å². The molecule has 1 saturated carbocycles. The standard InChI is InChI=1S/C16H23N3O/c1-12(13-6-4-7-13)18-15-8-3-2-5-14(15)11-19-10-9-17-16(19)20/h2-3,5,8,12-13,18H,4,6-7,9-11H2,1H3,(H,17,20)/t12-/m0/s1. The molecular formula is C16H23N3O. The quantitative estimate of drug-likeness (QED) is 0.866. The highest BCUT2D eigenvalue weighted by molar-refractivity contribution is 5.76. The predicted octanol–water partition coefficient (Wildman–Crippen LogP) is 2.81. The van der Waals surface area contributed by atoms with Crippen LogP contribution in [0, 0.1) is 5.92 Å².